The summed E-state index contributed by atoms with van der Waals surface area (Å²) in [7, 11) is 1.59. The molecule has 0 bridgehead atoms. The van der Waals surface area contributed by atoms with Crippen LogP contribution in [-0.4, -0.2) is 25.1 Å². The van der Waals surface area contributed by atoms with Crippen molar-refractivity contribution in [3.8, 4) is 5.75 Å². The second kappa shape index (κ2) is 8.48. The lowest BCUT2D eigenvalue weighted by molar-refractivity contribution is 0.0953. The molecule has 0 spiro atoms. The minimum atomic E-state index is -0.395. The van der Waals surface area contributed by atoms with E-state index in [0.29, 0.717) is 11.3 Å². The van der Waals surface area contributed by atoms with E-state index >= 15 is 0 Å². The fraction of sp³-hybridized carbons (Fsp3) is 0.0500. The number of anilines is 1. The maximum atomic E-state index is 12.2. The van der Waals surface area contributed by atoms with Gasteiger partial charge in [-0.2, -0.15) is 5.10 Å². The molecule has 136 valence electrons. The Morgan fingerprint density at radius 1 is 1.04 bits per heavy atom. The van der Waals surface area contributed by atoms with Crippen LogP contribution in [0.3, 0.4) is 0 Å². The van der Waals surface area contributed by atoms with Crippen molar-refractivity contribution >= 4 is 23.7 Å². The van der Waals surface area contributed by atoms with Crippen molar-refractivity contribution in [2.75, 3.05) is 12.4 Å². The lowest BCUT2D eigenvalue weighted by atomic mass is 10.2. The molecule has 0 saturated carbocycles. The first-order chi connectivity index (χ1) is 13.2. The van der Waals surface area contributed by atoms with Gasteiger partial charge in [-0.1, -0.05) is 6.07 Å². The van der Waals surface area contributed by atoms with Crippen molar-refractivity contribution in [3.05, 3.63) is 83.8 Å². The van der Waals surface area contributed by atoms with E-state index < -0.39 is 11.8 Å². The summed E-state index contributed by atoms with van der Waals surface area (Å²) in [6.45, 7) is 0. The zero-order valence-electron chi connectivity index (χ0n) is 14.5. The third kappa shape index (κ3) is 4.82. The largest absolute Gasteiger partial charge is 0.497 e. The van der Waals surface area contributed by atoms with Gasteiger partial charge in [-0.3, -0.25) is 9.59 Å². The Balaban J connectivity index is 1.61. The van der Waals surface area contributed by atoms with E-state index in [2.05, 4.69) is 15.8 Å². The highest BCUT2D eigenvalue weighted by Crippen LogP contribution is 2.13. The van der Waals surface area contributed by atoms with E-state index in [1.54, 1.807) is 55.6 Å². The van der Waals surface area contributed by atoms with Gasteiger partial charge in [-0.25, -0.2) is 5.43 Å². The van der Waals surface area contributed by atoms with Gasteiger partial charge >= 0.3 is 0 Å². The van der Waals surface area contributed by atoms with Crippen LogP contribution in [0.5, 0.6) is 5.75 Å². The molecular formula is C20H17N3O4. The highest BCUT2D eigenvalue weighted by molar-refractivity contribution is 6.03. The van der Waals surface area contributed by atoms with Gasteiger partial charge in [0.25, 0.3) is 11.8 Å². The molecule has 0 atom stereocenters. The lowest BCUT2D eigenvalue weighted by Gasteiger charge is -2.05. The second-order valence-electron chi connectivity index (χ2n) is 5.48. The molecule has 3 aromatic rings. The van der Waals surface area contributed by atoms with Crippen LogP contribution in [0.2, 0.25) is 0 Å². The molecule has 3 rings (SSSR count). The molecule has 27 heavy (non-hydrogen) atoms. The van der Waals surface area contributed by atoms with Crippen molar-refractivity contribution < 1.29 is 18.7 Å². The van der Waals surface area contributed by atoms with Crippen LogP contribution in [0.4, 0.5) is 5.69 Å². The predicted octanol–water partition coefficient (Wildman–Crippen LogP) is 3.30. The van der Waals surface area contributed by atoms with Gasteiger partial charge in [0.15, 0.2) is 5.76 Å². The molecule has 0 unspecified atom stereocenters. The van der Waals surface area contributed by atoms with E-state index in [1.807, 2.05) is 12.1 Å². The quantitative estimate of drug-likeness (QED) is 0.519. The monoisotopic (exact) mass is 363 g/mol. The number of ether oxygens (including phenoxy) is 1. The molecule has 7 heteroatoms. The highest BCUT2D eigenvalue weighted by Gasteiger charge is 2.10. The van der Waals surface area contributed by atoms with E-state index in [0.717, 1.165) is 11.3 Å². The van der Waals surface area contributed by atoms with E-state index in [1.165, 1.54) is 12.5 Å². The van der Waals surface area contributed by atoms with Crippen LogP contribution in [0, 0.1) is 0 Å². The summed E-state index contributed by atoms with van der Waals surface area (Å²) in [6.07, 6.45) is 2.94. The molecule has 0 saturated heterocycles. The van der Waals surface area contributed by atoms with Crippen molar-refractivity contribution in [1.29, 1.82) is 0 Å². The van der Waals surface area contributed by atoms with Crippen LogP contribution < -0.4 is 15.5 Å². The average Bonchev–Trinajstić information content (AvgIpc) is 3.24. The van der Waals surface area contributed by atoms with Crippen LogP contribution in [0.25, 0.3) is 0 Å². The number of carbonyl (C=O) groups excluding carboxylic acids is 2. The molecular weight excluding hydrogens is 346 g/mol. The van der Waals surface area contributed by atoms with Crippen molar-refractivity contribution in [2.24, 2.45) is 5.10 Å². The van der Waals surface area contributed by atoms with Crippen molar-refractivity contribution in [3.63, 3.8) is 0 Å². The van der Waals surface area contributed by atoms with Gasteiger partial charge in [0, 0.05) is 11.3 Å². The Morgan fingerprint density at radius 2 is 1.85 bits per heavy atom. The maximum absolute atomic E-state index is 12.2. The van der Waals surface area contributed by atoms with Crippen LogP contribution >= 0.6 is 0 Å². The minimum Gasteiger partial charge on any atom is -0.497 e. The Bertz CT molecular complexity index is 948. The molecule has 0 aliphatic heterocycles. The van der Waals surface area contributed by atoms with Gasteiger partial charge in [0.1, 0.15) is 5.75 Å². The molecule has 2 amide bonds. The average molecular weight is 363 g/mol. The Morgan fingerprint density at radius 3 is 2.56 bits per heavy atom. The van der Waals surface area contributed by atoms with Crippen LogP contribution in [0.1, 0.15) is 26.5 Å². The number of rotatable bonds is 6. The topological polar surface area (TPSA) is 92.9 Å². The molecule has 1 heterocycles. The molecule has 2 N–H and O–H groups in total. The van der Waals surface area contributed by atoms with Gasteiger partial charge in [0.05, 0.1) is 19.6 Å². The number of benzene rings is 2. The number of nitrogens with one attached hydrogen (secondary N) is 2. The highest BCUT2D eigenvalue weighted by atomic mass is 16.5. The fourth-order valence-electron chi connectivity index (χ4n) is 2.26. The first-order valence-electron chi connectivity index (χ1n) is 8.08. The second-order valence-corrected chi connectivity index (χ2v) is 5.48. The Labute approximate surface area is 155 Å². The SMILES string of the molecule is COc1ccc(/C=N\NC(=O)c2cccc(NC(=O)c3ccco3)c2)cc1. The van der Waals surface area contributed by atoms with Gasteiger partial charge < -0.3 is 14.5 Å². The summed E-state index contributed by atoms with van der Waals surface area (Å²) >= 11 is 0. The smallest absolute Gasteiger partial charge is 0.291 e. The number of nitrogens with zero attached hydrogens (tertiary/aromatic N) is 1. The first-order valence-corrected chi connectivity index (χ1v) is 8.08. The summed E-state index contributed by atoms with van der Waals surface area (Å²) in [4.78, 5) is 24.2. The third-order valence-electron chi connectivity index (χ3n) is 3.62. The number of hydrogen-bond acceptors (Lipinski definition) is 5. The van der Waals surface area contributed by atoms with Crippen molar-refractivity contribution in [2.45, 2.75) is 0 Å². The summed E-state index contributed by atoms with van der Waals surface area (Å²) in [6, 6.07) is 16.9. The zero-order chi connectivity index (χ0) is 19.1. The molecule has 0 aliphatic carbocycles. The normalized spacial score (nSPS) is 10.6. The first kappa shape index (κ1) is 17.9. The van der Waals surface area contributed by atoms with Gasteiger partial charge in [0.2, 0.25) is 0 Å². The summed E-state index contributed by atoms with van der Waals surface area (Å²) < 4.78 is 10.1. The Hall–Kier alpha value is -3.87. The molecule has 1 aromatic heterocycles. The molecule has 0 fully saturated rings. The number of furan rings is 1. The van der Waals surface area contributed by atoms with E-state index in [-0.39, 0.29) is 5.76 Å². The van der Waals surface area contributed by atoms with E-state index in [4.69, 9.17) is 9.15 Å². The summed E-state index contributed by atoms with van der Waals surface area (Å²) in [5, 5.41) is 6.61. The van der Waals surface area contributed by atoms with Crippen LogP contribution in [0.15, 0.2) is 76.4 Å². The number of methoxy groups -OCH3 is 1. The third-order valence-corrected chi connectivity index (χ3v) is 3.62. The molecule has 7 nitrogen and oxygen atoms in total. The van der Waals surface area contributed by atoms with Gasteiger partial charge in [-0.15, -0.1) is 0 Å². The molecule has 0 aliphatic rings. The number of hydrazone groups is 1. The number of carbonyl (C=O) groups is 2. The van der Waals surface area contributed by atoms with Gasteiger partial charge in [-0.05, 0) is 60.2 Å². The fourth-order valence-corrected chi connectivity index (χ4v) is 2.26. The maximum Gasteiger partial charge on any atom is 0.291 e. The minimum absolute atomic E-state index is 0.189. The van der Waals surface area contributed by atoms with Crippen molar-refractivity contribution in [1.82, 2.24) is 5.43 Å². The zero-order valence-corrected chi connectivity index (χ0v) is 14.5. The Kier molecular flexibility index (Phi) is 5.64. The standard InChI is InChI=1S/C20H17N3O4/c1-26-17-9-7-14(8-10-17)13-21-23-19(24)15-4-2-5-16(12-15)22-20(25)18-6-3-11-27-18/h2-13H,1H3,(H,22,25)(H,23,24)/b21-13-. The number of amides is 2. The lowest BCUT2D eigenvalue weighted by Crippen LogP contribution is -2.18. The molecule has 2 aromatic carbocycles. The predicted molar refractivity (Wildman–Crippen MR) is 101 cm³/mol. The molecule has 0 radical (unpaired) electrons. The summed E-state index contributed by atoms with van der Waals surface area (Å²) in [5.74, 6) is 0.141. The van der Waals surface area contributed by atoms with Crippen LogP contribution in [-0.2, 0) is 0 Å². The summed E-state index contributed by atoms with van der Waals surface area (Å²) in [5.41, 5.74) is 4.10. The number of hydrogen-bond donors (Lipinski definition) is 2. The van der Waals surface area contributed by atoms with E-state index in [9.17, 15) is 9.59 Å².